The van der Waals surface area contributed by atoms with E-state index in [0.29, 0.717) is 34.0 Å². The minimum atomic E-state index is -3.80. The lowest BCUT2D eigenvalue weighted by Gasteiger charge is -2.33. The number of amides is 2. The number of carbonyl (C=O) groups excluding carboxylic acids is 2. The number of hydrogen-bond donors (Lipinski definition) is 0. The van der Waals surface area contributed by atoms with Crippen LogP contribution in [0.5, 0.6) is 0 Å². The lowest BCUT2D eigenvalue weighted by atomic mass is 10.2. The molecule has 14 heteroatoms. The highest BCUT2D eigenvalue weighted by atomic mass is 35.5. The van der Waals surface area contributed by atoms with Gasteiger partial charge in [-0.25, -0.2) is 22.6 Å². The fraction of sp³-hybridized carbons (Fsp3) is 0.400. The molecule has 3 aromatic rings. The molecule has 1 aliphatic rings. The van der Waals surface area contributed by atoms with Crippen LogP contribution in [0.4, 0.5) is 14.3 Å². The zero-order valence-electron chi connectivity index (χ0n) is 21.9. The lowest BCUT2D eigenvalue weighted by Crippen LogP contribution is -2.50. The molecule has 1 aromatic heterocycles. The Morgan fingerprint density at radius 1 is 1.05 bits per heavy atom. The van der Waals surface area contributed by atoms with E-state index in [1.54, 1.807) is 13.0 Å². The number of carbonyl (C=O) groups is 2. The molecule has 1 saturated heterocycles. The maximum atomic E-state index is 13.7. The number of ether oxygens (including phenoxy) is 1. The lowest BCUT2D eigenvalue weighted by molar-refractivity contribution is 0.0933. The summed E-state index contributed by atoms with van der Waals surface area (Å²) in [5.74, 6) is -0.712. The molecular weight excluding hydrogens is 569 g/mol. The average Bonchev–Trinajstić information content (AvgIpc) is 3.31. The molecule has 1 fully saturated rings. The fourth-order valence-electron chi connectivity index (χ4n) is 3.99. The van der Waals surface area contributed by atoms with Gasteiger partial charge in [-0.2, -0.15) is 4.31 Å². The summed E-state index contributed by atoms with van der Waals surface area (Å²) < 4.78 is 47.0. The summed E-state index contributed by atoms with van der Waals surface area (Å²) >= 11 is 1.22. The Bertz CT molecular complexity index is 1410. The van der Waals surface area contributed by atoms with Crippen molar-refractivity contribution in [2.45, 2.75) is 11.8 Å². The van der Waals surface area contributed by atoms with Gasteiger partial charge in [-0.3, -0.25) is 9.69 Å². The van der Waals surface area contributed by atoms with Crippen LogP contribution in [0.2, 0.25) is 0 Å². The van der Waals surface area contributed by atoms with E-state index in [0.717, 1.165) is 0 Å². The third kappa shape index (κ3) is 7.03. The Morgan fingerprint density at radius 2 is 1.72 bits per heavy atom. The number of fused-ring (bicyclic) bond motifs is 1. The number of piperazine rings is 1. The van der Waals surface area contributed by atoms with Crippen LogP contribution in [0.15, 0.2) is 47.4 Å². The van der Waals surface area contributed by atoms with E-state index in [1.807, 2.05) is 19.0 Å². The van der Waals surface area contributed by atoms with Gasteiger partial charge in [0.05, 0.1) is 21.7 Å². The SMILES string of the molecule is CCOC(=O)N1CCN(S(=O)(=O)c2ccc(C(=O)N(CCN(C)C)c3nc4ccc(F)cc4s3)cc2)CC1.Cl. The van der Waals surface area contributed by atoms with Gasteiger partial charge in [-0.15, -0.1) is 12.4 Å². The smallest absolute Gasteiger partial charge is 0.409 e. The number of halogens is 2. The van der Waals surface area contributed by atoms with Gasteiger partial charge >= 0.3 is 6.09 Å². The summed E-state index contributed by atoms with van der Waals surface area (Å²) in [6, 6.07) is 10.1. The number of benzene rings is 2. The minimum Gasteiger partial charge on any atom is -0.450 e. The summed E-state index contributed by atoms with van der Waals surface area (Å²) in [6.45, 7) is 3.67. The van der Waals surface area contributed by atoms with Gasteiger partial charge in [0.2, 0.25) is 10.0 Å². The van der Waals surface area contributed by atoms with Crippen molar-refractivity contribution in [3.05, 3.63) is 53.8 Å². The maximum absolute atomic E-state index is 13.7. The first-order valence-corrected chi connectivity index (χ1v) is 14.4. The Morgan fingerprint density at radius 3 is 2.33 bits per heavy atom. The number of rotatable bonds is 8. The number of sulfonamides is 1. The number of nitrogens with zero attached hydrogens (tertiary/aromatic N) is 5. The Hall–Kier alpha value is -2.84. The highest BCUT2D eigenvalue weighted by Gasteiger charge is 2.31. The number of anilines is 1. The molecule has 2 heterocycles. The summed E-state index contributed by atoms with van der Waals surface area (Å²) in [7, 11) is -0.0211. The van der Waals surface area contributed by atoms with Crippen molar-refractivity contribution >= 4 is 61.1 Å². The zero-order valence-corrected chi connectivity index (χ0v) is 24.3. The molecule has 1 aliphatic heterocycles. The van der Waals surface area contributed by atoms with Crippen LogP contribution in [0.1, 0.15) is 17.3 Å². The van der Waals surface area contributed by atoms with Gasteiger partial charge < -0.3 is 14.5 Å². The molecule has 0 spiro atoms. The van der Waals surface area contributed by atoms with Crippen molar-refractivity contribution in [2.24, 2.45) is 0 Å². The number of aromatic nitrogens is 1. The van der Waals surface area contributed by atoms with Crippen molar-refractivity contribution in [3.8, 4) is 0 Å². The van der Waals surface area contributed by atoms with E-state index in [-0.39, 0.29) is 61.8 Å². The molecule has 0 radical (unpaired) electrons. The highest BCUT2D eigenvalue weighted by Crippen LogP contribution is 2.30. The molecule has 0 saturated carbocycles. The Balaban J connectivity index is 0.00000420. The molecule has 10 nitrogen and oxygen atoms in total. The number of likely N-dealkylation sites (N-methyl/N-ethyl adjacent to an activating group) is 1. The van der Waals surface area contributed by atoms with E-state index in [9.17, 15) is 22.4 Å². The van der Waals surface area contributed by atoms with Gasteiger partial charge in [0.15, 0.2) is 5.13 Å². The zero-order chi connectivity index (χ0) is 27.4. The monoisotopic (exact) mass is 599 g/mol. The van der Waals surface area contributed by atoms with Crippen molar-refractivity contribution in [1.82, 2.24) is 19.1 Å². The molecule has 0 atom stereocenters. The van der Waals surface area contributed by atoms with Gasteiger partial charge in [0, 0.05) is 44.8 Å². The molecular formula is C25H31ClFN5O5S2. The standard InChI is InChI=1S/C25H30FN5O5S2.ClH/c1-4-36-25(33)29-12-14-30(15-13-29)38(34,35)20-8-5-18(6-9-20)23(32)31(16-11-28(2)3)24-27-21-10-7-19(26)17-22(21)37-24;/h5-10,17H,4,11-16H2,1-3H3;1H. The fourth-order valence-corrected chi connectivity index (χ4v) is 6.42. The van der Waals surface area contributed by atoms with Crippen molar-refractivity contribution < 1.29 is 27.1 Å². The van der Waals surface area contributed by atoms with Gasteiger partial charge in [-0.05, 0) is 63.5 Å². The summed E-state index contributed by atoms with van der Waals surface area (Å²) in [5, 5.41) is 0.439. The van der Waals surface area contributed by atoms with Gasteiger partial charge in [-0.1, -0.05) is 11.3 Å². The van der Waals surface area contributed by atoms with Crippen LogP contribution in [0, 0.1) is 5.82 Å². The number of thiazole rings is 1. The van der Waals surface area contributed by atoms with E-state index in [4.69, 9.17) is 4.74 Å². The second-order valence-corrected chi connectivity index (χ2v) is 11.9. The molecule has 2 amide bonds. The first-order valence-electron chi connectivity index (χ1n) is 12.1. The summed E-state index contributed by atoms with van der Waals surface area (Å²) in [4.78, 5) is 35.0. The third-order valence-electron chi connectivity index (χ3n) is 6.09. The third-order valence-corrected chi connectivity index (χ3v) is 9.04. The second kappa shape index (κ2) is 13.0. The van der Waals surface area contributed by atoms with Crippen LogP contribution in [-0.4, -0.2) is 99.5 Å². The van der Waals surface area contributed by atoms with Crippen LogP contribution >= 0.6 is 23.7 Å². The van der Waals surface area contributed by atoms with Crippen LogP contribution in [0.25, 0.3) is 10.2 Å². The van der Waals surface area contributed by atoms with E-state index in [2.05, 4.69) is 4.98 Å². The number of hydrogen-bond acceptors (Lipinski definition) is 8. The quantitative estimate of drug-likeness (QED) is 0.390. The Labute approximate surface area is 237 Å². The molecule has 0 unspecified atom stereocenters. The second-order valence-electron chi connectivity index (χ2n) is 8.98. The summed E-state index contributed by atoms with van der Waals surface area (Å²) in [6.07, 6.45) is -0.454. The maximum Gasteiger partial charge on any atom is 0.409 e. The topological polar surface area (TPSA) is 103 Å². The van der Waals surface area contributed by atoms with Crippen molar-refractivity contribution in [2.75, 3.05) is 64.9 Å². The summed E-state index contributed by atoms with van der Waals surface area (Å²) in [5.41, 5.74) is 0.902. The largest absolute Gasteiger partial charge is 0.450 e. The van der Waals surface area contributed by atoms with E-state index in [1.165, 1.54) is 61.8 Å². The normalized spacial score (nSPS) is 14.3. The predicted octanol–water partition coefficient (Wildman–Crippen LogP) is 3.53. The van der Waals surface area contributed by atoms with Gasteiger partial charge in [0.25, 0.3) is 5.91 Å². The molecule has 212 valence electrons. The van der Waals surface area contributed by atoms with Crippen molar-refractivity contribution in [1.29, 1.82) is 0 Å². The predicted molar refractivity (Wildman–Crippen MR) is 151 cm³/mol. The molecule has 0 N–H and O–H groups in total. The van der Waals surface area contributed by atoms with Crippen LogP contribution in [-0.2, 0) is 14.8 Å². The highest BCUT2D eigenvalue weighted by molar-refractivity contribution is 7.89. The molecule has 0 bridgehead atoms. The van der Waals surface area contributed by atoms with Crippen LogP contribution in [0.3, 0.4) is 0 Å². The van der Waals surface area contributed by atoms with E-state index >= 15 is 0 Å². The minimum absolute atomic E-state index is 0. The first kappa shape index (κ1) is 30.7. The van der Waals surface area contributed by atoms with Gasteiger partial charge in [0.1, 0.15) is 5.82 Å². The average molecular weight is 600 g/mol. The van der Waals surface area contributed by atoms with Crippen molar-refractivity contribution in [3.63, 3.8) is 0 Å². The molecule has 0 aliphatic carbocycles. The van der Waals surface area contributed by atoms with E-state index < -0.39 is 16.1 Å². The molecule has 2 aromatic carbocycles. The molecule has 39 heavy (non-hydrogen) atoms. The van der Waals surface area contributed by atoms with Crippen LogP contribution < -0.4 is 4.90 Å². The Kier molecular flexibility index (Phi) is 10.2. The molecule has 4 rings (SSSR count). The first-order chi connectivity index (χ1) is 18.1.